The third-order valence-corrected chi connectivity index (χ3v) is 4.00. The molecule has 108 valence electrons. The molecule has 0 radical (unpaired) electrons. The van der Waals surface area contributed by atoms with E-state index in [0.29, 0.717) is 0 Å². The van der Waals surface area contributed by atoms with E-state index in [1.807, 2.05) is 25.6 Å². The smallest absolute Gasteiger partial charge is 0.123 e. The fraction of sp³-hybridized carbons (Fsp3) is 0.438. The first-order valence-electron chi connectivity index (χ1n) is 6.91. The number of aromatic nitrogens is 2. The zero-order valence-corrected chi connectivity index (χ0v) is 12.6. The Morgan fingerprint density at radius 3 is 2.55 bits per heavy atom. The van der Waals surface area contributed by atoms with Crippen molar-refractivity contribution in [3.8, 4) is 0 Å². The van der Waals surface area contributed by atoms with Crippen LogP contribution in [0.3, 0.4) is 0 Å². The van der Waals surface area contributed by atoms with E-state index in [1.54, 1.807) is 6.07 Å². The molecular formula is C16H22FN3. The average Bonchev–Trinajstić information content (AvgIpc) is 2.61. The lowest BCUT2D eigenvalue weighted by molar-refractivity contribution is 0.615. The molecule has 3 nitrogen and oxygen atoms in total. The van der Waals surface area contributed by atoms with Gasteiger partial charge in [0.2, 0.25) is 0 Å². The van der Waals surface area contributed by atoms with Crippen LogP contribution in [-0.4, -0.2) is 9.78 Å². The van der Waals surface area contributed by atoms with Crippen molar-refractivity contribution >= 4 is 0 Å². The third-order valence-electron chi connectivity index (χ3n) is 4.00. The van der Waals surface area contributed by atoms with E-state index in [1.165, 1.54) is 23.4 Å². The highest BCUT2D eigenvalue weighted by Crippen LogP contribution is 2.23. The number of hydrogen-bond acceptors (Lipinski definition) is 2. The lowest BCUT2D eigenvalue weighted by Crippen LogP contribution is -2.13. The number of nitrogens with zero attached hydrogens (tertiary/aromatic N) is 2. The fourth-order valence-corrected chi connectivity index (χ4v) is 2.69. The second-order valence-corrected chi connectivity index (χ2v) is 5.42. The maximum absolute atomic E-state index is 13.1. The molecule has 4 heteroatoms. The Labute approximate surface area is 119 Å². The van der Waals surface area contributed by atoms with Crippen LogP contribution in [0.15, 0.2) is 18.2 Å². The van der Waals surface area contributed by atoms with E-state index >= 15 is 0 Å². The molecule has 20 heavy (non-hydrogen) atoms. The van der Waals surface area contributed by atoms with Crippen LogP contribution in [-0.2, 0) is 13.5 Å². The normalized spacial score (nSPS) is 12.7. The first-order valence-corrected chi connectivity index (χ1v) is 6.91. The Morgan fingerprint density at radius 1 is 1.30 bits per heavy atom. The average molecular weight is 275 g/mol. The van der Waals surface area contributed by atoms with Crippen LogP contribution in [0.5, 0.6) is 0 Å². The minimum Gasteiger partial charge on any atom is -0.324 e. The van der Waals surface area contributed by atoms with E-state index in [2.05, 4.69) is 12.0 Å². The third kappa shape index (κ3) is 2.90. The monoisotopic (exact) mass is 275 g/mol. The standard InChI is InChI=1S/C16H22FN3/c1-10-9-13(17)5-6-14(10)16(18)8-7-15-11(2)19-20(4)12(15)3/h5-6,9,16H,7-8,18H2,1-4H3. The van der Waals surface area contributed by atoms with E-state index in [4.69, 9.17) is 5.73 Å². The summed E-state index contributed by atoms with van der Waals surface area (Å²) in [6.45, 7) is 6.00. The number of rotatable bonds is 4. The molecular weight excluding hydrogens is 253 g/mol. The van der Waals surface area contributed by atoms with Crippen LogP contribution in [0.1, 0.15) is 40.5 Å². The molecule has 0 aliphatic carbocycles. The number of hydrogen-bond donors (Lipinski definition) is 1. The predicted molar refractivity (Wildman–Crippen MR) is 79.1 cm³/mol. The van der Waals surface area contributed by atoms with Crippen molar-refractivity contribution in [2.45, 2.75) is 39.7 Å². The molecule has 0 aliphatic heterocycles. The molecule has 0 saturated carbocycles. The highest BCUT2D eigenvalue weighted by Gasteiger charge is 2.14. The van der Waals surface area contributed by atoms with Gasteiger partial charge in [0, 0.05) is 18.8 Å². The summed E-state index contributed by atoms with van der Waals surface area (Å²) in [6, 6.07) is 4.73. The highest BCUT2D eigenvalue weighted by molar-refractivity contribution is 5.30. The van der Waals surface area contributed by atoms with Gasteiger partial charge in [-0.25, -0.2) is 4.39 Å². The number of nitrogens with two attached hydrogens (primary N) is 1. The van der Waals surface area contributed by atoms with Gasteiger partial charge < -0.3 is 5.73 Å². The number of halogens is 1. The van der Waals surface area contributed by atoms with Crippen molar-refractivity contribution in [3.63, 3.8) is 0 Å². The van der Waals surface area contributed by atoms with Crippen LogP contribution < -0.4 is 5.73 Å². The van der Waals surface area contributed by atoms with E-state index < -0.39 is 0 Å². The summed E-state index contributed by atoms with van der Waals surface area (Å²) >= 11 is 0. The van der Waals surface area contributed by atoms with Gasteiger partial charge in [-0.2, -0.15) is 5.10 Å². The summed E-state index contributed by atoms with van der Waals surface area (Å²) in [6.07, 6.45) is 1.73. The van der Waals surface area contributed by atoms with E-state index in [9.17, 15) is 4.39 Å². The van der Waals surface area contributed by atoms with Gasteiger partial charge in [0.1, 0.15) is 5.82 Å². The molecule has 0 fully saturated rings. The van der Waals surface area contributed by atoms with Gasteiger partial charge in [0.05, 0.1) is 5.69 Å². The van der Waals surface area contributed by atoms with Crippen molar-refractivity contribution in [1.82, 2.24) is 9.78 Å². The van der Waals surface area contributed by atoms with Gasteiger partial charge in [-0.05, 0) is 62.4 Å². The SMILES string of the molecule is Cc1cc(F)ccc1C(N)CCc1c(C)nn(C)c1C. The molecule has 0 amide bonds. The molecule has 0 saturated heterocycles. The number of benzene rings is 1. The summed E-state index contributed by atoms with van der Waals surface area (Å²) < 4.78 is 15.0. The summed E-state index contributed by atoms with van der Waals surface area (Å²) in [7, 11) is 1.95. The van der Waals surface area contributed by atoms with Gasteiger partial charge in [-0.15, -0.1) is 0 Å². The van der Waals surface area contributed by atoms with Crippen molar-refractivity contribution in [3.05, 3.63) is 52.1 Å². The maximum atomic E-state index is 13.1. The molecule has 2 N–H and O–H groups in total. The number of aryl methyl sites for hydroxylation is 3. The molecule has 0 spiro atoms. The summed E-state index contributed by atoms with van der Waals surface area (Å²) in [4.78, 5) is 0. The molecule has 2 aromatic rings. The quantitative estimate of drug-likeness (QED) is 0.931. The van der Waals surface area contributed by atoms with Gasteiger partial charge in [0.15, 0.2) is 0 Å². The topological polar surface area (TPSA) is 43.8 Å². The minimum atomic E-state index is -0.211. The summed E-state index contributed by atoms with van der Waals surface area (Å²) in [5.41, 5.74) is 11.7. The van der Waals surface area contributed by atoms with Gasteiger partial charge in [-0.3, -0.25) is 4.68 Å². The molecule has 1 aromatic heterocycles. The van der Waals surface area contributed by atoms with Crippen molar-refractivity contribution < 1.29 is 4.39 Å². The zero-order chi connectivity index (χ0) is 14.9. The first kappa shape index (κ1) is 14.7. The van der Waals surface area contributed by atoms with E-state index in [0.717, 1.165) is 29.7 Å². The van der Waals surface area contributed by atoms with Crippen molar-refractivity contribution in [1.29, 1.82) is 0 Å². The Balaban J connectivity index is 2.10. The zero-order valence-electron chi connectivity index (χ0n) is 12.6. The van der Waals surface area contributed by atoms with Gasteiger partial charge in [-0.1, -0.05) is 6.07 Å². The highest BCUT2D eigenvalue weighted by atomic mass is 19.1. The Kier molecular flexibility index (Phi) is 4.23. The van der Waals surface area contributed by atoms with Crippen LogP contribution >= 0.6 is 0 Å². The largest absolute Gasteiger partial charge is 0.324 e. The van der Waals surface area contributed by atoms with E-state index in [-0.39, 0.29) is 11.9 Å². The predicted octanol–water partition coefficient (Wildman–Crippen LogP) is 3.12. The molecule has 1 atom stereocenters. The van der Waals surface area contributed by atoms with Crippen LogP contribution in [0, 0.1) is 26.6 Å². The maximum Gasteiger partial charge on any atom is 0.123 e. The fourth-order valence-electron chi connectivity index (χ4n) is 2.69. The second-order valence-electron chi connectivity index (χ2n) is 5.42. The second kappa shape index (κ2) is 5.75. The van der Waals surface area contributed by atoms with Crippen LogP contribution in [0.2, 0.25) is 0 Å². The molecule has 1 unspecified atom stereocenters. The Bertz CT molecular complexity index is 616. The van der Waals surface area contributed by atoms with Gasteiger partial charge >= 0.3 is 0 Å². The van der Waals surface area contributed by atoms with Crippen LogP contribution in [0.25, 0.3) is 0 Å². The lowest BCUT2D eigenvalue weighted by atomic mass is 9.95. The minimum absolute atomic E-state index is 0.0744. The molecule has 1 aromatic carbocycles. The van der Waals surface area contributed by atoms with Gasteiger partial charge in [0.25, 0.3) is 0 Å². The molecule has 2 rings (SSSR count). The van der Waals surface area contributed by atoms with Crippen molar-refractivity contribution in [2.75, 3.05) is 0 Å². The first-order chi connectivity index (χ1) is 9.40. The summed E-state index contributed by atoms with van der Waals surface area (Å²) in [5, 5.41) is 4.42. The molecule has 0 aliphatic rings. The van der Waals surface area contributed by atoms with Crippen LogP contribution in [0.4, 0.5) is 4.39 Å². The Hall–Kier alpha value is -1.68. The Morgan fingerprint density at radius 2 is 2.00 bits per heavy atom. The molecule has 0 bridgehead atoms. The van der Waals surface area contributed by atoms with Crippen molar-refractivity contribution in [2.24, 2.45) is 12.8 Å². The molecule has 1 heterocycles. The summed E-state index contributed by atoms with van der Waals surface area (Å²) in [5.74, 6) is -0.211. The lowest BCUT2D eigenvalue weighted by Gasteiger charge is -2.15.